The summed E-state index contributed by atoms with van der Waals surface area (Å²) in [6.07, 6.45) is 8.22. The molecule has 1 aromatic heterocycles. The van der Waals surface area contributed by atoms with E-state index in [0.717, 1.165) is 12.8 Å². The van der Waals surface area contributed by atoms with E-state index in [1.807, 2.05) is 24.5 Å². The average Bonchev–Trinajstić information content (AvgIpc) is 2.40. The molecular weight excluding hydrogens is 210 g/mol. The van der Waals surface area contributed by atoms with Gasteiger partial charge >= 0.3 is 0 Å². The van der Waals surface area contributed by atoms with Crippen LogP contribution in [0.15, 0.2) is 24.5 Å². The molecule has 3 nitrogen and oxygen atoms in total. The Balaban J connectivity index is 1.98. The number of nitrogens with one attached hydrogen (secondary N) is 1. The van der Waals surface area contributed by atoms with Crippen LogP contribution in [0.4, 0.5) is 0 Å². The monoisotopic (exact) mass is 229 g/mol. The van der Waals surface area contributed by atoms with E-state index in [4.69, 9.17) is 5.26 Å². The number of hydrogen-bond donors (Lipinski definition) is 1. The van der Waals surface area contributed by atoms with Gasteiger partial charge in [0.05, 0.1) is 12.0 Å². The predicted octanol–water partition coefficient (Wildman–Crippen LogP) is 2.81. The van der Waals surface area contributed by atoms with Gasteiger partial charge in [-0.1, -0.05) is 12.8 Å². The molecule has 1 fully saturated rings. The summed E-state index contributed by atoms with van der Waals surface area (Å²) in [5.74, 6) is 0.174. The molecule has 1 N–H and O–H groups in total. The fourth-order valence-corrected chi connectivity index (χ4v) is 2.55. The second-order valence-electron chi connectivity index (χ2n) is 4.80. The van der Waals surface area contributed by atoms with Crippen LogP contribution in [0.1, 0.15) is 44.2 Å². The van der Waals surface area contributed by atoms with Gasteiger partial charge in [0, 0.05) is 24.5 Å². The molecule has 3 atom stereocenters. The zero-order valence-corrected chi connectivity index (χ0v) is 10.3. The average molecular weight is 229 g/mol. The predicted molar refractivity (Wildman–Crippen MR) is 67.1 cm³/mol. The summed E-state index contributed by atoms with van der Waals surface area (Å²) in [6.45, 7) is 2.15. The lowest BCUT2D eigenvalue weighted by Gasteiger charge is -2.30. The topological polar surface area (TPSA) is 48.7 Å². The summed E-state index contributed by atoms with van der Waals surface area (Å²) in [5.41, 5.74) is 1.24. The first-order chi connectivity index (χ1) is 8.31. The fraction of sp³-hybridized carbons (Fsp3) is 0.571. The lowest BCUT2D eigenvalue weighted by Crippen LogP contribution is -2.39. The molecule has 1 aliphatic rings. The molecule has 2 rings (SSSR count). The third-order valence-corrected chi connectivity index (χ3v) is 3.60. The molecule has 0 radical (unpaired) electrons. The van der Waals surface area contributed by atoms with Crippen LogP contribution in [0.25, 0.3) is 0 Å². The van der Waals surface area contributed by atoms with Crippen molar-refractivity contribution in [1.82, 2.24) is 10.3 Å². The SMILES string of the molecule is C[C@H](NC1CCCCC1C#N)c1ccncc1. The van der Waals surface area contributed by atoms with E-state index in [-0.39, 0.29) is 12.0 Å². The molecule has 1 heterocycles. The highest BCUT2D eigenvalue weighted by Crippen LogP contribution is 2.26. The van der Waals surface area contributed by atoms with E-state index in [1.165, 1.54) is 18.4 Å². The molecule has 90 valence electrons. The normalized spacial score (nSPS) is 26.1. The molecule has 0 aromatic carbocycles. The second kappa shape index (κ2) is 5.79. The van der Waals surface area contributed by atoms with Crippen molar-refractivity contribution < 1.29 is 0 Å². The molecular formula is C14H19N3. The molecule has 1 aromatic rings. The van der Waals surface area contributed by atoms with E-state index >= 15 is 0 Å². The van der Waals surface area contributed by atoms with Crippen LogP contribution < -0.4 is 5.32 Å². The number of aromatic nitrogens is 1. The Labute approximate surface area is 103 Å². The molecule has 0 saturated heterocycles. The molecule has 17 heavy (non-hydrogen) atoms. The van der Waals surface area contributed by atoms with Crippen molar-refractivity contribution in [2.75, 3.05) is 0 Å². The maximum absolute atomic E-state index is 9.14. The first-order valence-corrected chi connectivity index (χ1v) is 6.37. The van der Waals surface area contributed by atoms with Gasteiger partial charge in [-0.3, -0.25) is 4.98 Å². The van der Waals surface area contributed by atoms with E-state index < -0.39 is 0 Å². The molecule has 0 amide bonds. The zero-order valence-electron chi connectivity index (χ0n) is 10.3. The molecule has 2 unspecified atom stereocenters. The van der Waals surface area contributed by atoms with Crippen LogP contribution in [0.3, 0.4) is 0 Å². The maximum Gasteiger partial charge on any atom is 0.0672 e. The number of pyridine rings is 1. The lowest BCUT2D eigenvalue weighted by atomic mass is 9.85. The Bertz CT molecular complexity index is 382. The number of hydrogen-bond acceptors (Lipinski definition) is 3. The first-order valence-electron chi connectivity index (χ1n) is 6.37. The van der Waals surface area contributed by atoms with Crippen molar-refractivity contribution in [3.8, 4) is 6.07 Å². The van der Waals surface area contributed by atoms with Gasteiger partial charge in [0.25, 0.3) is 0 Å². The smallest absolute Gasteiger partial charge is 0.0672 e. The van der Waals surface area contributed by atoms with Gasteiger partial charge in [0.2, 0.25) is 0 Å². The molecule has 1 aliphatic carbocycles. The van der Waals surface area contributed by atoms with E-state index in [2.05, 4.69) is 23.3 Å². The Kier molecular flexibility index (Phi) is 4.11. The molecule has 3 heteroatoms. The van der Waals surface area contributed by atoms with Gasteiger partial charge in [0.1, 0.15) is 0 Å². The molecule has 0 spiro atoms. The summed E-state index contributed by atoms with van der Waals surface area (Å²) in [6, 6.07) is 7.13. The van der Waals surface area contributed by atoms with Crippen molar-refractivity contribution in [1.29, 1.82) is 5.26 Å². The summed E-state index contributed by atoms with van der Waals surface area (Å²) in [7, 11) is 0. The van der Waals surface area contributed by atoms with Crippen LogP contribution in [0, 0.1) is 17.2 Å². The van der Waals surface area contributed by atoms with E-state index in [0.29, 0.717) is 6.04 Å². The summed E-state index contributed by atoms with van der Waals surface area (Å²) < 4.78 is 0. The van der Waals surface area contributed by atoms with Crippen LogP contribution in [0.5, 0.6) is 0 Å². The van der Waals surface area contributed by atoms with Gasteiger partial charge < -0.3 is 5.32 Å². The van der Waals surface area contributed by atoms with Gasteiger partial charge in [-0.15, -0.1) is 0 Å². The van der Waals surface area contributed by atoms with Crippen LogP contribution in [0.2, 0.25) is 0 Å². The van der Waals surface area contributed by atoms with Crippen molar-refractivity contribution in [2.24, 2.45) is 5.92 Å². The quantitative estimate of drug-likeness (QED) is 0.867. The maximum atomic E-state index is 9.14. The summed E-state index contributed by atoms with van der Waals surface area (Å²) in [4.78, 5) is 4.03. The van der Waals surface area contributed by atoms with Crippen LogP contribution >= 0.6 is 0 Å². The lowest BCUT2D eigenvalue weighted by molar-refractivity contribution is 0.292. The highest BCUT2D eigenvalue weighted by Gasteiger charge is 2.25. The minimum atomic E-state index is 0.174. The fourth-order valence-electron chi connectivity index (χ4n) is 2.55. The number of nitrogens with zero attached hydrogens (tertiary/aromatic N) is 2. The first kappa shape index (κ1) is 12.1. The minimum Gasteiger partial charge on any atom is -0.306 e. The van der Waals surface area contributed by atoms with Gasteiger partial charge in [0.15, 0.2) is 0 Å². The van der Waals surface area contributed by atoms with Crippen LogP contribution in [-0.4, -0.2) is 11.0 Å². The number of rotatable bonds is 3. The largest absolute Gasteiger partial charge is 0.306 e. The number of nitriles is 1. The summed E-state index contributed by atoms with van der Waals surface area (Å²) >= 11 is 0. The van der Waals surface area contributed by atoms with Crippen LogP contribution in [-0.2, 0) is 0 Å². The standard InChI is InChI=1S/C14H19N3/c1-11(12-6-8-16-9-7-12)17-14-5-3-2-4-13(14)10-15/h6-9,11,13-14,17H,2-5H2,1H3/t11-,13?,14?/m0/s1. The van der Waals surface area contributed by atoms with Gasteiger partial charge in [-0.2, -0.15) is 5.26 Å². The third kappa shape index (κ3) is 3.04. The molecule has 1 saturated carbocycles. The molecule has 0 bridgehead atoms. The second-order valence-corrected chi connectivity index (χ2v) is 4.80. The Morgan fingerprint density at radius 1 is 1.35 bits per heavy atom. The molecule has 0 aliphatic heterocycles. The minimum absolute atomic E-state index is 0.174. The Morgan fingerprint density at radius 2 is 2.06 bits per heavy atom. The van der Waals surface area contributed by atoms with E-state index in [9.17, 15) is 0 Å². The Hall–Kier alpha value is -1.40. The zero-order chi connectivity index (χ0) is 12.1. The highest BCUT2D eigenvalue weighted by atomic mass is 15.0. The third-order valence-electron chi connectivity index (χ3n) is 3.60. The van der Waals surface area contributed by atoms with Crippen molar-refractivity contribution in [2.45, 2.75) is 44.7 Å². The highest BCUT2D eigenvalue weighted by molar-refractivity contribution is 5.14. The van der Waals surface area contributed by atoms with Crippen molar-refractivity contribution in [3.63, 3.8) is 0 Å². The Morgan fingerprint density at radius 3 is 2.76 bits per heavy atom. The van der Waals surface area contributed by atoms with Crippen molar-refractivity contribution in [3.05, 3.63) is 30.1 Å². The van der Waals surface area contributed by atoms with E-state index in [1.54, 1.807) is 0 Å². The van der Waals surface area contributed by atoms with Gasteiger partial charge in [-0.05, 0) is 37.5 Å². The van der Waals surface area contributed by atoms with Gasteiger partial charge in [-0.25, -0.2) is 0 Å². The van der Waals surface area contributed by atoms with Crippen molar-refractivity contribution >= 4 is 0 Å². The summed E-state index contributed by atoms with van der Waals surface area (Å²) in [5, 5.41) is 12.7.